The molecule has 3 heterocycles. The van der Waals surface area contributed by atoms with Gasteiger partial charge in [-0.05, 0) is 43.0 Å². The van der Waals surface area contributed by atoms with E-state index in [1.165, 1.54) is 16.8 Å². The van der Waals surface area contributed by atoms with Gasteiger partial charge in [0.2, 0.25) is 0 Å². The first-order valence-electron chi connectivity index (χ1n) is 7.37. The lowest BCUT2D eigenvalue weighted by Crippen LogP contribution is -2.26. The van der Waals surface area contributed by atoms with Gasteiger partial charge in [0, 0.05) is 18.4 Å². The molecular weight excluding hydrogens is 248 g/mol. The lowest BCUT2D eigenvalue weighted by atomic mass is 10.0. The zero-order chi connectivity index (χ0) is 13.9. The third kappa shape index (κ3) is 2.31. The third-order valence-corrected chi connectivity index (χ3v) is 3.84. The van der Waals surface area contributed by atoms with Crippen molar-refractivity contribution in [2.24, 2.45) is 0 Å². The summed E-state index contributed by atoms with van der Waals surface area (Å²) in [5, 5.41) is 3.39. The first-order chi connectivity index (χ1) is 9.83. The van der Waals surface area contributed by atoms with Crippen LogP contribution in [0.3, 0.4) is 0 Å². The fraction of sp³-hybridized carbons (Fsp3) is 0.438. The maximum absolute atomic E-state index is 4.78. The van der Waals surface area contributed by atoms with Gasteiger partial charge in [-0.3, -0.25) is 4.98 Å². The zero-order valence-electron chi connectivity index (χ0n) is 12.1. The number of rotatable bonds is 3. The topological polar surface area (TPSA) is 50.7 Å². The Morgan fingerprint density at radius 2 is 2.10 bits per heavy atom. The molecule has 0 unspecified atom stereocenters. The van der Waals surface area contributed by atoms with Crippen LogP contribution in [0.15, 0.2) is 18.3 Å². The lowest BCUT2D eigenvalue weighted by molar-refractivity contribution is 0.616. The molecule has 1 aliphatic heterocycles. The number of aromatic nitrogens is 3. The van der Waals surface area contributed by atoms with Crippen molar-refractivity contribution >= 4 is 0 Å². The minimum absolute atomic E-state index is 0.779. The Hall–Kier alpha value is -1.81. The lowest BCUT2D eigenvalue weighted by Gasteiger charge is -2.19. The van der Waals surface area contributed by atoms with E-state index in [1.54, 1.807) is 0 Å². The maximum atomic E-state index is 4.78. The first kappa shape index (κ1) is 13.2. The van der Waals surface area contributed by atoms with Crippen LogP contribution in [-0.4, -0.2) is 21.5 Å². The third-order valence-electron chi connectivity index (χ3n) is 3.84. The van der Waals surface area contributed by atoms with E-state index in [0.717, 1.165) is 49.6 Å². The minimum Gasteiger partial charge on any atom is -0.311 e. The Morgan fingerprint density at radius 1 is 1.20 bits per heavy atom. The molecule has 104 valence electrons. The summed E-state index contributed by atoms with van der Waals surface area (Å²) < 4.78 is 0. The van der Waals surface area contributed by atoms with Crippen molar-refractivity contribution in [3.05, 3.63) is 40.8 Å². The van der Waals surface area contributed by atoms with Crippen LogP contribution in [-0.2, 0) is 25.8 Å². The van der Waals surface area contributed by atoms with Crippen molar-refractivity contribution in [1.82, 2.24) is 20.3 Å². The summed E-state index contributed by atoms with van der Waals surface area (Å²) >= 11 is 0. The largest absolute Gasteiger partial charge is 0.311 e. The van der Waals surface area contributed by atoms with Crippen LogP contribution in [0, 0.1) is 0 Å². The van der Waals surface area contributed by atoms with E-state index in [4.69, 9.17) is 9.97 Å². The molecule has 0 fully saturated rings. The van der Waals surface area contributed by atoms with Crippen molar-refractivity contribution in [3.63, 3.8) is 0 Å². The van der Waals surface area contributed by atoms with E-state index in [2.05, 4.69) is 30.2 Å². The summed E-state index contributed by atoms with van der Waals surface area (Å²) in [6, 6.07) is 4.08. The van der Waals surface area contributed by atoms with Gasteiger partial charge < -0.3 is 5.32 Å². The van der Waals surface area contributed by atoms with Crippen LogP contribution in [0.5, 0.6) is 0 Å². The van der Waals surface area contributed by atoms with Crippen molar-refractivity contribution < 1.29 is 0 Å². The number of pyridine rings is 1. The van der Waals surface area contributed by atoms with Gasteiger partial charge in [-0.25, -0.2) is 9.97 Å². The zero-order valence-corrected chi connectivity index (χ0v) is 12.1. The van der Waals surface area contributed by atoms with E-state index in [0.29, 0.717) is 0 Å². The second kappa shape index (κ2) is 5.67. The highest BCUT2D eigenvalue weighted by molar-refractivity contribution is 5.55. The highest BCUT2D eigenvalue weighted by Crippen LogP contribution is 2.23. The molecule has 0 atom stereocenters. The van der Waals surface area contributed by atoms with Crippen LogP contribution in [0.4, 0.5) is 0 Å². The summed E-state index contributed by atoms with van der Waals surface area (Å²) in [6.07, 6.45) is 4.75. The van der Waals surface area contributed by atoms with Crippen molar-refractivity contribution in [3.8, 4) is 11.5 Å². The van der Waals surface area contributed by atoms with Gasteiger partial charge in [-0.1, -0.05) is 19.9 Å². The maximum Gasteiger partial charge on any atom is 0.178 e. The van der Waals surface area contributed by atoms with Gasteiger partial charge >= 0.3 is 0 Å². The second-order valence-corrected chi connectivity index (χ2v) is 5.06. The molecular formula is C16H20N4. The molecule has 0 saturated heterocycles. The van der Waals surface area contributed by atoms with E-state index < -0.39 is 0 Å². The minimum atomic E-state index is 0.779. The summed E-state index contributed by atoms with van der Waals surface area (Å²) in [4.78, 5) is 14.0. The molecule has 0 aliphatic carbocycles. The molecule has 0 amide bonds. The number of hydrogen-bond donors (Lipinski definition) is 1. The molecule has 1 aliphatic rings. The van der Waals surface area contributed by atoms with Crippen LogP contribution in [0.25, 0.3) is 11.5 Å². The van der Waals surface area contributed by atoms with E-state index in [1.807, 2.05) is 12.3 Å². The summed E-state index contributed by atoms with van der Waals surface area (Å²) in [6.45, 7) is 6.16. The molecule has 1 N–H and O–H groups in total. The Morgan fingerprint density at radius 3 is 2.90 bits per heavy atom. The Balaban J connectivity index is 2.14. The van der Waals surface area contributed by atoms with Crippen molar-refractivity contribution in [2.75, 3.05) is 6.54 Å². The van der Waals surface area contributed by atoms with E-state index in [-0.39, 0.29) is 0 Å². The molecule has 0 spiro atoms. The first-order valence-corrected chi connectivity index (χ1v) is 7.37. The molecule has 0 aromatic carbocycles. The Labute approximate surface area is 119 Å². The number of aryl methyl sites for hydroxylation is 2. The number of nitrogens with zero attached hydrogens (tertiary/aromatic N) is 3. The molecule has 4 nitrogen and oxygen atoms in total. The van der Waals surface area contributed by atoms with Crippen LogP contribution in [0.1, 0.15) is 36.4 Å². The van der Waals surface area contributed by atoms with Gasteiger partial charge in [-0.15, -0.1) is 0 Å². The number of fused-ring (bicyclic) bond motifs is 1. The fourth-order valence-corrected chi connectivity index (χ4v) is 2.76. The normalized spacial score (nSPS) is 14.1. The van der Waals surface area contributed by atoms with Gasteiger partial charge in [0.1, 0.15) is 5.69 Å². The summed E-state index contributed by atoms with van der Waals surface area (Å²) in [5.74, 6) is 0.779. The highest BCUT2D eigenvalue weighted by atomic mass is 15.0. The van der Waals surface area contributed by atoms with Crippen LogP contribution >= 0.6 is 0 Å². The van der Waals surface area contributed by atoms with Gasteiger partial charge in [0.15, 0.2) is 5.82 Å². The molecule has 2 aromatic heterocycles. The smallest absolute Gasteiger partial charge is 0.178 e. The Bertz CT molecular complexity index is 605. The molecule has 2 aromatic rings. The van der Waals surface area contributed by atoms with Crippen LogP contribution < -0.4 is 5.32 Å². The predicted molar refractivity (Wildman–Crippen MR) is 79.4 cm³/mol. The average Bonchev–Trinajstić information content (AvgIpc) is 2.53. The van der Waals surface area contributed by atoms with Gasteiger partial charge in [0.25, 0.3) is 0 Å². The second-order valence-electron chi connectivity index (χ2n) is 5.06. The molecule has 0 bridgehead atoms. The molecule has 4 heteroatoms. The molecule has 3 rings (SSSR count). The highest BCUT2D eigenvalue weighted by Gasteiger charge is 2.18. The fourth-order valence-electron chi connectivity index (χ4n) is 2.76. The average molecular weight is 268 g/mol. The summed E-state index contributed by atoms with van der Waals surface area (Å²) in [7, 11) is 0. The quantitative estimate of drug-likeness (QED) is 0.928. The number of hydrogen-bond acceptors (Lipinski definition) is 4. The van der Waals surface area contributed by atoms with E-state index >= 15 is 0 Å². The molecule has 0 radical (unpaired) electrons. The van der Waals surface area contributed by atoms with Crippen LogP contribution in [0.2, 0.25) is 0 Å². The predicted octanol–water partition coefficient (Wildman–Crippen LogP) is 2.31. The SMILES string of the molecule is CCc1cccnc1-c1nc(CC)c2c(n1)CNCC2. The van der Waals surface area contributed by atoms with E-state index in [9.17, 15) is 0 Å². The van der Waals surface area contributed by atoms with Crippen molar-refractivity contribution in [2.45, 2.75) is 39.7 Å². The monoisotopic (exact) mass is 268 g/mol. The number of nitrogens with one attached hydrogen (secondary N) is 1. The van der Waals surface area contributed by atoms with Gasteiger partial charge in [-0.2, -0.15) is 0 Å². The molecule has 0 saturated carbocycles. The van der Waals surface area contributed by atoms with Crippen molar-refractivity contribution in [1.29, 1.82) is 0 Å². The Kier molecular flexibility index (Phi) is 3.74. The summed E-state index contributed by atoms with van der Waals surface area (Å²) in [5.41, 5.74) is 5.80. The molecule has 20 heavy (non-hydrogen) atoms. The van der Waals surface area contributed by atoms with Gasteiger partial charge in [0.05, 0.1) is 5.69 Å². The standard InChI is InChI=1S/C16H20N4/c1-3-11-6-5-8-18-15(11)16-19-13(4-2)12-7-9-17-10-14(12)20-16/h5-6,8,17H,3-4,7,9-10H2,1-2H3.